The van der Waals surface area contributed by atoms with Crippen LogP contribution in [-0.2, 0) is 0 Å². The molecule has 3 heteroatoms. The highest BCUT2D eigenvalue weighted by Crippen LogP contribution is 2.07. The van der Waals surface area contributed by atoms with E-state index in [2.05, 4.69) is 10.9 Å². The smallest absolute Gasteiger partial charge is 0.184 e. The van der Waals surface area contributed by atoms with Gasteiger partial charge in [-0.25, -0.2) is 4.39 Å². The van der Waals surface area contributed by atoms with Gasteiger partial charge in [0, 0.05) is 19.0 Å². The van der Waals surface area contributed by atoms with E-state index in [1.165, 1.54) is 18.3 Å². The number of unbranched alkanes of at least 4 members (excludes halogenated alkanes) is 1. The average Bonchev–Trinajstić information content (AvgIpc) is 2.18. The van der Waals surface area contributed by atoms with Crippen molar-refractivity contribution in [1.29, 1.82) is 0 Å². The van der Waals surface area contributed by atoms with Crippen molar-refractivity contribution in [3.05, 3.63) is 29.8 Å². The van der Waals surface area contributed by atoms with Crippen LogP contribution < -0.4 is 0 Å². The van der Waals surface area contributed by atoms with Gasteiger partial charge in [-0.05, 0) is 18.6 Å². The lowest BCUT2D eigenvalue weighted by Gasteiger charge is -1.99. The normalized spacial score (nSPS) is 9.43. The lowest BCUT2D eigenvalue weighted by atomic mass is 10.1. The van der Waals surface area contributed by atoms with Gasteiger partial charge in [0.25, 0.3) is 0 Å². The molecule has 2 nitrogen and oxygen atoms in total. The number of carbonyl (C=O) groups is 1. The molecule has 0 aliphatic rings. The summed E-state index contributed by atoms with van der Waals surface area (Å²) in [5.74, 6) is 1.56. The van der Waals surface area contributed by atoms with Gasteiger partial charge >= 0.3 is 0 Å². The Bertz CT molecular complexity index is 368. The van der Waals surface area contributed by atoms with Crippen LogP contribution in [0.15, 0.2) is 18.3 Å². The minimum Gasteiger partial charge on any atom is -0.292 e. The Kier molecular flexibility index (Phi) is 3.81. The summed E-state index contributed by atoms with van der Waals surface area (Å²) in [5.41, 5.74) is -0.0930. The number of carbonyl (C=O) groups excluding carboxylic acids is 1. The first kappa shape index (κ1) is 10.4. The first-order chi connectivity index (χ1) is 6.75. The summed E-state index contributed by atoms with van der Waals surface area (Å²) in [6.07, 6.45) is 7.78. The van der Waals surface area contributed by atoms with E-state index in [1.54, 1.807) is 0 Å². The summed E-state index contributed by atoms with van der Waals surface area (Å²) < 4.78 is 13.0. The fourth-order valence-electron chi connectivity index (χ4n) is 1.06. The van der Waals surface area contributed by atoms with Gasteiger partial charge in [0.2, 0.25) is 0 Å². The van der Waals surface area contributed by atoms with Crippen molar-refractivity contribution in [3.63, 3.8) is 0 Å². The van der Waals surface area contributed by atoms with E-state index < -0.39 is 5.82 Å². The van der Waals surface area contributed by atoms with Crippen LogP contribution in [0.25, 0.3) is 0 Å². The molecular formula is C11H10FNO. The van der Waals surface area contributed by atoms with Crippen molar-refractivity contribution < 1.29 is 9.18 Å². The topological polar surface area (TPSA) is 30.0 Å². The van der Waals surface area contributed by atoms with E-state index in [9.17, 15) is 9.18 Å². The minimum absolute atomic E-state index is 0.0930. The summed E-state index contributed by atoms with van der Waals surface area (Å²) in [5, 5.41) is 0. The summed E-state index contributed by atoms with van der Waals surface area (Å²) in [6, 6.07) is 2.68. The van der Waals surface area contributed by atoms with Crippen LogP contribution in [0.5, 0.6) is 0 Å². The Hall–Kier alpha value is -1.69. The predicted molar refractivity (Wildman–Crippen MR) is 51.2 cm³/mol. The number of ketones is 1. The van der Waals surface area contributed by atoms with Crippen LogP contribution in [0.1, 0.15) is 29.8 Å². The second kappa shape index (κ2) is 5.13. The lowest BCUT2D eigenvalue weighted by Crippen LogP contribution is -2.04. The maximum atomic E-state index is 13.0. The summed E-state index contributed by atoms with van der Waals surface area (Å²) in [4.78, 5) is 15.0. The van der Waals surface area contributed by atoms with E-state index in [0.29, 0.717) is 12.8 Å². The molecular weight excluding hydrogens is 181 g/mol. The van der Waals surface area contributed by atoms with E-state index in [0.717, 1.165) is 0 Å². The monoisotopic (exact) mass is 191 g/mol. The molecule has 0 aliphatic carbocycles. The lowest BCUT2D eigenvalue weighted by molar-refractivity contribution is 0.0971. The highest BCUT2D eigenvalue weighted by molar-refractivity contribution is 5.94. The quantitative estimate of drug-likeness (QED) is 0.415. The third kappa shape index (κ3) is 2.67. The first-order valence-electron chi connectivity index (χ1n) is 4.33. The summed E-state index contributed by atoms with van der Waals surface area (Å²) in [6.45, 7) is 0. The molecule has 1 rings (SSSR count). The van der Waals surface area contributed by atoms with Crippen molar-refractivity contribution in [1.82, 2.24) is 4.98 Å². The Labute approximate surface area is 82.2 Å². The molecule has 0 amide bonds. The third-order valence-electron chi connectivity index (χ3n) is 1.75. The SMILES string of the molecule is C#CCCCC(=O)c1ncccc1F. The number of terminal acetylenes is 1. The Morgan fingerprint density at radius 1 is 1.64 bits per heavy atom. The van der Waals surface area contributed by atoms with E-state index in [-0.39, 0.29) is 17.9 Å². The van der Waals surface area contributed by atoms with Gasteiger partial charge in [0.05, 0.1) is 0 Å². The highest BCUT2D eigenvalue weighted by atomic mass is 19.1. The fraction of sp³-hybridized carbons (Fsp3) is 0.273. The number of nitrogens with zero attached hydrogens (tertiary/aromatic N) is 1. The molecule has 0 N–H and O–H groups in total. The molecule has 72 valence electrons. The largest absolute Gasteiger partial charge is 0.292 e. The molecule has 0 fully saturated rings. The van der Waals surface area contributed by atoms with E-state index in [1.807, 2.05) is 0 Å². The van der Waals surface area contributed by atoms with Crippen molar-refractivity contribution >= 4 is 5.78 Å². The van der Waals surface area contributed by atoms with Crippen molar-refractivity contribution in [2.45, 2.75) is 19.3 Å². The van der Waals surface area contributed by atoms with Crippen LogP contribution in [0.2, 0.25) is 0 Å². The van der Waals surface area contributed by atoms with Crippen LogP contribution in [0, 0.1) is 18.2 Å². The molecule has 1 aromatic heterocycles. The summed E-state index contributed by atoms with van der Waals surface area (Å²) >= 11 is 0. The summed E-state index contributed by atoms with van der Waals surface area (Å²) in [7, 11) is 0. The van der Waals surface area contributed by atoms with Gasteiger partial charge in [0.1, 0.15) is 5.69 Å². The number of halogens is 1. The number of hydrogen-bond donors (Lipinski definition) is 0. The molecule has 0 saturated heterocycles. The zero-order valence-corrected chi connectivity index (χ0v) is 7.66. The minimum atomic E-state index is -0.571. The van der Waals surface area contributed by atoms with Gasteiger partial charge in [-0.3, -0.25) is 9.78 Å². The van der Waals surface area contributed by atoms with Crippen LogP contribution in [0.3, 0.4) is 0 Å². The molecule has 0 saturated carbocycles. The molecule has 0 spiro atoms. The molecule has 0 aliphatic heterocycles. The zero-order chi connectivity index (χ0) is 10.4. The number of pyridine rings is 1. The molecule has 0 unspecified atom stereocenters. The first-order valence-corrected chi connectivity index (χ1v) is 4.33. The van der Waals surface area contributed by atoms with Gasteiger partial charge < -0.3 is 0 Å². The second-order valence-corrected chi connectivity index (χ2v) is 2.81. The molecule has 0 aromatic carbocycles. The number of Topliss-reactive ketones (excluding diaryl/α,β-unsaturated/α-hetero) is 1. The molecule has 1 heterocycles. The van der Waals surface area contributed by atoms with Crippen LogP contribution >= 0.6 is 0 Å². The molecule has 14 heavy (non-hydrogen) atoms. The van der Waals surface area contributed by atoms with E-state index in [4.69, 9.17) is 6.42 Å². The molecule has 0 radical (unpaired) electrons. The standard InChI is InChI=1S/C11H10FNO/c1-2-3-4-7-10(14)11-9(12)6-5-8-13-11/h1,5-6,8H,3-4,7H2. The van der Waals surface area contributed by atoms with Crippen LogP contribution in [-0.4, -0.2) is 10.8 Å². The molecule has 0 bridgehead atoms. The zero-order valence-electron chi connectivity index (χ0n) is 7.66. The Morgan fingerprint density at radius 3 is 3.07 bits per heavy atom. The van der Waals surface area contributed by atoms with E-state index >= 15 is 0 Å². The predicted octanol–water partition coefficient (Wildman–Crippen LogP) is 2.21. The Morgan fingerprint density at radius 2 is 2.43 bits per heavy atom. The van der Waals surface area contributed by atoms with Crippen molar-refractivity contribution in [3.8, 4) is 12.3 Å². The van der Waals surface area contributed by atoms with Gasteiger partial charge in [0.15, 0.2) is 11.6 Å². The molecule has 0 atom stereocenters. The third-order valence-corrected chi connectivity index (χ3v) is 1.75. The number of rotatable bonds is 4. The fourth-order valence-corrected chi connectivity index (χ4v) is 1.06. The maximum absolute atomic E-state index is 13.0. The van der Waals surface area contributed by atoms with Crippen molar-refractivity contribution in [2.24, 2.45) is 0 Å². The van der Waals surface area contributed by atoms with Crippen LogP contribution in [0.4, 0.5) is 4.39 Å². The maximum Gasteiger partial charge on any atom is 0.184 e. The second-order valence-electron chi connectivity index (χ2n) is 2.81. The number of hydrogen-bond acceptors (Lipinski definition) is 2. The Balaban J connectivity index is 2.62. The average molecular weight is 191 g/mol. The molecule has 1 aromatic rings. The highest BCUT2D eigenvalue weighted by Gasteiger charge is 2.11. The van der Waals surface area contributed by atoms with Gasteiger partial charge in [-0.2, -0.15) is 0 Å². The van der Waals surface area contributed by atoms with Gasteiger partial charge in [-0.15, -0.1) is 12.3 Å². The van der Waals surface area contributed by atoms with Gasteiger partial charge in [-0.1, -0.05) is 0 Å². The van der Waals surface area contributed by atoms with Crippen molar-refractivity contribution in [2.75, 3.05) is 0 Å². The number of aromatic nitrogens is 1.